The van der Waals surface area contributed by atoms with Crippen molar-refractivity contribution in [2.75, 3.05) is 6.61 Å². The van der Waals surface area contributed by atoms with E-state index in [0.29, 0.717) is 0 Å². The average Bonchev–Trinajstić information content (AvgIpc) is 2.12. The Morgan fingerprint density at radius 1 is 1.08 bits per heavy atom. The van der Waals surface area contributed by atoms with Gasteiger partial charge in [-0.3, -0.25) is 0 Å². The lowest BCUT2D eigenvalue weighted by molar-refractivity contribution is -0.228. The molecular formula is C7H14O6. The zero-order valence-electron chi connectivity index (χ0n) is 6.91. The van der Waals surface area contributed by atoms with Gasteiger partial charge in [-0.05, 0) is 0 Å². The largest absolute Gasteiger partial charge is 0.393 e. The maximum Gasteiger partial charge on any atom is 0.119 e. The summed E-state index contributed by atoms with van der Waals surface area (Å²) in [5, 5.41) is 54.8. The van der Waals surface area contributed by atoms with Crippen molar-refractivity contribution in [2.24, 2.45) is 0 Å². The van der Waals surface area contributed by atoms with Crippen LogP contribution in [0.4, 0.5) is 0 Å². The van der Waals surface area contributed by atoms with Gasteiger partial charge in [-0.2, -0.15) is 0 Å². The molecule has 0 saturated heterocycles. The van der Waals surface area contributed by atoms with Crippen LogP contribution in [0, 0.1) is 0 Å². The minimum atomic E-state index is -1.95. The third-order valence-electron chi connectivity index (χ3n) is 2.45. The summed E-state index contributed by atoms with van der Waals surface area (Å²) in [6.07, 6.45) is -6.53. The van der Waals surface area contributed by atoms with E-state index in [1.165, 1.54) is 0 Å². The first-order chi connectivity index (χ1) is 5.92. The minimum Gasteiger partial charge on any atom is -0.393 e. The Morgan fingerprint density at radius 3 is 2.08 bits per heavy atom. The highest BCUT2D eigenvalue weighted by molar-refractivity contribution is 5.01. The van der Waals surface area contributed by atoms with Crippen molar-refractivity contribution in [1.29, 1.82) is 0 Å². The molecule has 6 nitrogen and oxygen atoms in total. The molecule has 1 fully saturated rings. The second-order valence-corrected chi connectivity index (χ2v) is 3.46. The Morgan fingerprint density at radius 2 is 1.62 bits per heavy atom. The number of aliphatic hydroxyl groups excluding tert-OH is 5. The molecule has 0 aromatic rings. The van der Waals surface area contributed by atoms with Gasteiger partial charge in [-0.15, -0.1) is 0 Å². The van der Waals surface area contributed by atoms with Gasteiger partial charge < -0.3 is 30.6 Å². The summed E-state index contributed by atoms with van der Waals surface area (Å²) in [5.74, 6) is 0. The van der Waals surface area contributed by atoms with Gasteiger partial charge in [0.05, 0.1) is 12.7 Å². The molecule has 1 rings (SSSR count). The topological polar surface area (TPSA) is 121 Å². The van der Waals surface area contributed by atoms with Gasteiger partial charge in [0.15, 0.2) is 0 Å². The fourth-order valence-corrected chi connectivity index (χ4v) is 1.49. The summed E-state index contributed by atoms with van der Waals surface area (Å²) >= 11 is 0. The van der Waals surface area contributed by atoms with E-state index in [2.05, 4.69) is 0 Å². The van der Waals surface area contributed by atoms with E-state index in [4.69, 9.17) is 20.4 Å². The standard InChI is InChI=1S/C7H14O6/c8-2-7(13)1-3(9)4(10)5(11)6(7)12/h3-6,8-13H,1-2H2. The molecule has 0 heterocycles. The van der Waals surface area contributed by atoms with Crippen molar-refractivity contribution in [3.8, 4) is 0 Å². The molecule has 0 amide bonds. The van der Waals surface area contributed by atoms with Crippen molar-refractivity contribution in [3.05, 3.63) is 0 Å². The van der Waals surface area contributed by atoms with E-state index in [-0.39, 0.29) is 6.42 Å². The Balaban J connectivity index is 2.82. The summed E-state index contributed by atoms with van der Waals surface area (Å²) in [6, 6.07) is 0. The third-order valence-corrected chi connectivity index (χ3v) is 2.45. The van der Waals surface area contributed by atoms with E-state index in [1.54, 1.807) is 0 Å². The van der Waals surface area contributed by atoms with Gasteiger partial charge in [0, 0.05) is 6.42 Å². The van der Waals surface area contributed by atoms with E-state index in [1.807, 2.05) is 0 Å². The molecule has 0 aliphatic heterocycles. The van der Waals surface area contributed by atoms with Gasteiger partial charge in [-0.25, -0.2) is 0 Å². The van der Waals surface area contributed by atoms with E-state index >= 15 is 0 Å². The summed E-state index contributed by atoms with van der Waals surface area (Å²) in [4.78, 5) is 0. The Kier molecular flexibility index (Phi) is 2.91. The van der Waals surface area contributed by atoms with Crippen LogP contribution >= 0.6 is 0 Å². The van der Waals surface area contributed by atoms with Crippen LogP contribution in [0.2, 0.25) is 0 Å². The van der Waals surface area contributed by atoms with Gasteiger partial charge in [-0.1, -0.05) is 0 Å². The fourth-order valence-electron chi connectivity index (χ4n) is 1.49. The lowest BCUT2D eigenvalue weighted by atomic mass is 9.78. The quantitative estimate of drug-likeness (QED) is 0.258. The molecule has 0 spiro atoms. The highest BCUT2D eigenvalue weighted by Crippen LogP contribution is 2.29. The summed E-state index contributed by atoms with van der Waals surface area (Å²) in [5.41, 5.74) is -1.95. The van der Waals surface area contributed by atoms with Crippen molar-refractivity contribution < 1.29 is 30.6 Å². The van der Waals surface area contributed by atoms with Crippen LogP contribution in [0.25, 0.3) is 0 Å². The second-order valence-electron chi connectivity index (χ2n) is 3.46. The van der Waals surface area contributed by atoms with Crippen molar-refractivity contribution >= 4 is 0 Å². The predicted molar refractivity (Wildman–Crippen MR) is 40.7 cm³/mol. The summed E-state index contributed by atoms with van der Waals surface area (Å²) in [7, 11) is 0. The molecule has 13 heavy (non-hydrogen) atoms. The minimum absolute atomic E-state index is 0.372. The van der Waals surface area contributed by atoms with E-state index < -0.39 is 36.6 Å². The molecule has 1 aliphatic rings. The molecule has 0 radical (unpaired) electrons. The summed E-state index contributed by atoms with van der Waals surface area (Å²) < 4.78 is 0. The molecule has 1 saturated carbocycles. The van der Waals surface area contributed by atoms with Crippen molar-refractivity contribution in [1.82, 2.24) is 0 Å². The molecule has 0 aromatic carbocycles. The Bertz CT molecular complexity index is 186. The zero-order chi connectivity index (χ0) is 10.2. The normalized spacial score (nSPS) is 52.2. The van der Waals surface area contributed by atoms with Gasteiger partial charge in [0.1, 0.15) is 23.9 Å². The lowest BCUT2D eigenvalue weighted by Gasteiger charge is -2.43. The second kappa shape index (κ2) is 3.49. The van der Waals surface area contributed by atoms with Crippen LogP contribution in [0.1, 0.15) is 6.42 Å². The molecule has 5 unspecified atom stereocenters. The molecule has 1 aliphatic carbocycles. The molecule has 6 heteroatoms. The van der Waals surface area contributed by atoms with E-state index in [0.717, 1.165) is 0 Å². The average molecular weight is 194 g/mol. The van der Waals surface area contributed by atoms with Crippen LogP contribution in [0.5, 0.6) is 0 Å². The first kappa shape index (κ1) is 10.8. The maximum absolute atomic E-state index is 9.48. The van der Waals surface area contributed by atoms with Crippen LogP contribution in [0.15, 0.2) is 0 Å². The molecule has 0 bridgehead atoms. The predicted octanol–water partition coefficient (Wildman–Crippen LogP) is -3.44. The molecule has 6 N–H and O–H groups in total. The van der Waals surface area contributed by atoms with Gasteiger partial charge >= 0.3 is 0 Å². The molecular weight excluding hydrogens is 180 g/mol. The van der Waals surface area contributed by atoms with Crippen molar-refractivity contribution in [3.63, 3.8) is 0 Å². The van der Waals surface area contributed by atoms with Crippen LogP contribution < -0.4 is 0 Å². The van der Waals surface area contributed by atoms with Crippen molar-refractivity contribution in [2.45, 2.75) is 36.4 Å². The number of hydrogen-bond donors (Lipinski definition) is 6. The van der Waals surface area contributed by atoms with E-state index in [9.17, 15) is 10.2 Å². The number of hydrogen-bond acceptors (Lipinski definition) is 6. The Labute approximate surface area is 74.7 Å². The summed E-state index contributed by atoms with van der Waals surface area (Å²) in [6.45, 7) is -0.783. The number of aliphatic hydroxyl groups is 6. The van der Waals surface area contributed by atoms with Gasteiger partial charge in [0.2, 0.25) is 0 Å². The fraction of sp³-hybridized carbons (Fsp3) is 1.00. The highest BCUT2D eigenvalue weighted by Gasteiger charge is 2.50. The lowest BCUT2D eigenvalue weighted by Crippen LogP contribution is -2.64. The SMILES string of the molecule is OCC1(O)CC(O)C(O)C(O)C1O. The zero-order valence-corrected chi connectivity index (χ0v) is 6.91. The van der Waals surface area contributed by atoms with Crippen LogP contribution in [-0.4, -0.2) is 67.3 Å². The third kappa shape index (κ3) is 1.69. The number of rotatable bonds is 1. The Hall–Kier alpha value is -0.240. The van der Waals surface area contributed by atoms with Crippen LogP contribution in [-0.2, 0) is 0 Å². The monoisotopic (exact) mass is 194 g/mol. The molecule has 0 aromatic heterocycles. The first-order valence-corrected chi connectivity index (χ1v) is 3.98. The smallest absolute Gasteiger partial charge is 0.119 e. The molecule has 78 valence electrons. The highest BCUT2D eigenvalue weighted by atomic mass is 16.4. The van der Waals surface area contributed by atoms with Gasteiger partial charge in [0.25, 0.3) is 0 Å². The van der Waals surface area contributed by atoms with Crippen LogP contribution in [0.3, 0.4) is 0 Å². The molecule has 5 atom stereocenters. The maximum atomic E-state index is 9.48. The first-order valence-electron chi connectivity index (χ1n) is 3.98.